The number of nitrogens with one attached hydrogen (secondary N) is 1. The van der Waals surface area contributed by atoms with Crippen molar-refractivity contribution in [1.29, 1.82) is 0 Å². The normalized spacial score (nSPS) is 20.5. The fourth-order valence-corrected chi connectivity index (χ4v) is 5.51. The standard InChI is InChI=1S/C28H37FN2O5/c29-23-11-9-20(10-12-26(32)33)21(15-23)14-22-16-35-17-24(22)28-31-25(18-36-28)27(34)30-13-5-4-8-19-6-2-1-3-7-19/h9,11,15,18-19,22,24H,1-8,10,12-14,16-17H2,(H,30,34)(H,32,33)/t22-,24+/m0/s1. The third-order valence-corrected chi connectivity index (χ3v) is 7.58. The summed E-state index contributed by atoms with van der Waals surface area (Å²) in [6.45, 7) is 1.50. The molecule has 0 unspecified atom stereocenters. The van der Waals surface area contributed by atoms with Crippen LogP contribution in [-0.4, -0.2) is 41.7 Å². The van der Waals surface area contributed by atoms with Gasteiger partial charge in [-0.1, -0.05) is 51.0 Å². The lowest BCUT2D eigenvalue weighted by Crippen LogP contribution is -2.25. The minimum absolute atomic E-state index is 0.00951. The second kappa shape index (κ2) is 13.0. The van der Waals surface area contributed by atoms with E-state index in [0.717, 1.165) is 29.9 Å². The predicted molar refractivity (Wildman–Crippen MR) is 132 cm³/mol. The van der Waals surface area contributed by atoms with Gasteiger partial charge >= 0.3 is 5.97 Å². The molecule has 36 heavy (non-hydrogen) atoms. The van der Waals surface area contributed by atoms with Crippen LogP contribution in [0.2, 0.25) is 0 Å². The Kier molecular flexibility index (Phi) is 9.50. The average molecular weight is 501 g/mol. The van der Waals surface area contributed by atoms with Crippen LogP contribution in [0.4, 0.5) is 4.39 Å². The van der Waals surface area contributed by atoms with Crippen LogP contribution in [0.5, 0.6) is 0 Å². The van der Waals surface area contributed by atoms with E-state index in [-0.39, 0.29) is 35.7 Å². The molecule has 1 amide bonds. The van der Waals surface area contributed by atoms with Crippen LogP contribution in [0.1, 0.15) is 91.2 Å². The molecule has 2 fully saturated rings. The van der Waals surface area contributed by atoms with Crippen molar-refractivity contribution in [2.24, 2.45) is 11.8 Å². The van der Waals surface area contributed by atoms with E-state index in [2.05, 4.69) is 10.3 Å². The van der Waals surface area contributed by atoms with E-state index in [1.807, 2.05) is 0 Å². The van der Waals surface area contributed by atoms with E-state index in [9.17, 15) is 14.0 Å². The molecule has 0 spiro atoms. The van der Waals surface area contributed by atoms with E-state index >= 15 is 0 Å². The first-order valence-corrected chi connectivity index (χ1v) is 13.3. The molecule has 0 radical (unpaired) electrons. The zero-order valence-electron chi connectivity index (χ0n) is 20.8. The van der Waals surface area contributed by atoms with Crippen molar-refractivity contribution in [1.82, 2.24) is 10.3 Å². The quantitative estimate of drug-likeness (QED) is 0.384. The number of ether oxygens (including phenoxy) is 1. The molecule has 196 valence electrons. The molecular weight excluding hydrogens is 463 g/mol. The number of rotatable bonds is 12. The molecule has 1 aromatic carbocycles. The van der Waals surface area contributed by atoms with E-state index in [1.54, 1.807) is 6.07 Å². The Balaban J connectivity index is 1.29. The Morgan fingerprint density at radius 1 is 1.11 bits per heavy atom. The summed E-state index contributed by atoms with van der Waals surface area (Å²) < 4.78 is 25.3. The monoisotopic (exact) mass is 500 g/mol. The molecule has 2 aromatic rings. The maximum absolute atomic E-state index is 14.0. The molecule has 7 nitrogen and oxygen atoms in total. The number of aromatic nitrogens is 1. The summed E-state index contributed by atoms with van der Waals surface area (Å²) in [6, 6.07) is 4.48. The van der Waals surface area contributed by atoms with Gasteiger partial charge in [-0.2, -0.15) is 0 Å². The molecule has 1 saturated carbocycles. The predicted octanol–water partition coefficient (Wildman–Crippen LogP) is 5.28. The number of aryl methyl sites for hydroxylation is 1. The van der Waals surface area contributed by atoms with Gasteiger partial charge in [0.1, 0.15) is 12.1 Å². The van der Waals surface area contributed by atoms with Gasteiger partial charge in [0, 0.05) is 18.9 Å². The topological polar surface area (TPSA) is 102 Å². The van der Waals surface area contributed by atoms with Crippen LogP contribution in [-0.2, 0) is 22.4 Å². The summed E-state index contributed by atoms with van der Waals surface area (Å²) in [5, 5.41) is 12.0. The van der Waals surface area contributed by atoms with Crippen molar-refractivity contribution < 1.29 is 28.2 Å². The molecule has 1 saturated heterocycles. The van der Waals surface area contributed by atoms with E-state index < -0.39 is 5.97 Å². The molecular formula is C28H37FN2O5. The van der Waals surface area contributed by atoms with Gasteiger partial charge in [0.05, 0.1) is 19.1 Å². The second-order valence-electron chi connectivity index (χ2n) is 10.2. The zero-order chi connectivity index (χ0) is 25.3. The lowest BCUT2D eigenvalue weighted by atomic mass is 9.86. The second-order valence-corrected chi connectivity index (χ2v) is 10.2. The van der Waals surface area contributed by atoms with Crippen LogP contribution in [0.15, 0.2) is 28.9 Å². The number of carbonyl (C=O) groups is 2. The number of hydrogen-bond donors (Lipinski definition) is 2. The number of carboxylic acids is 1. The van der Waals surface area contributed by atoms with Crippen molar-refractivity contribution >= 4 is 11.9 Å². The number of hydrogen-bond acceptors (Lipinski definition) is 5. The van der Waals surface area contributed by atoms with Crippen molar-refractivity contribution in [3.63, 3.8) is 0 Å². The first-order chi connectivity index (χ1) is 17.5. The van der Waals surface area contributed by atoms with Gasteiger partial charge < -0.3 is 19.6 Å². The van der Waals surface area contributed by atoms with Crippen LogP contribution >= 0.6 is 0 Å². The fourth-order valence-electron chi connectivity index (χ4n) is 5.51. The van der Waals surface area contributed by atoms with Crippen molar-refractivity contribution in [2.75, 3.05) is 19.8 Å². The molecule has 2 N–H and O–H groups in total. The van der Waals surface area contributed by atoms with Gasteiger partial charge in [-0.05, 0) is 48.4 Å². The van der Waals surface area contributed by atoms with Crippen molar-refractivity contribution in [2.45, 2.75) is 76.5 Å². The Hall–Kier alpha value is -2.74. The summed E-state index contributed by atoms with van der Waals surface area (Å²) in [5.74, 6) is -0.338. The van der Waals surface area contributed by atoms with Gasteiger partial charge in [0.25, 0.3) is 5.91 Å². The number of carboxylic acid groups (broad SMARTS) is 1. The highest BCUT2D eigenvalue weighted by molar-refractivity contribution is 5.91. The Morgan fingerprint density at radius 3 is 2.75 bits per heavy atom. The minimum Gasteiger partial charge on any atom is -0.481 e. The first kappa shape index (κ1) is 26.3. The summed E-state index contributed by atoms with van der Waals surface area (Å²) >= 11 is 0. The number of carbonyl (C=O) groups excluding carboxylic acids is 1. The Morgan fingerprint density at radius 2 is 1.94 bits per heavy atom. The van der Waals surface area contributed by atoms with Gasteiger partial charge in [0.2, 0.25) is 5.89 Å². The van der Waals surface area contributed by atoms with Crippen LogP contribution < -0.4 is 5.32 Å². The first-order valence-electron chi connectivity index (χ1n) is 13.3. The largest absolute Gasteiger partial charge is 0.481 e. The zero-order valence-corrected chi connectivity index (χ0v) is 20.8. The lowest BCUT2D eigenvalue weighted by molar-refractivity contribution is -0.136. The molecule has 0 bridgehead atoms. The third-order valence-electron chi connectivity index (χ3n) is 7.58. The molecule has 8 heteroatoms. The average Bonchev–Trinajstić information content (AvgIpc) is 3.53. The molecule has 4 rings (SSSR count). The summed E-state index contributed by atoms with van der Waals surface area (Å²) in [7, 11) is 0. The summed E-state index contributed by atoms with van der Waals surface area (Å²) in [4.78, 5) is 28.0. The Labute approximate surface area is 211 Å². The molecule has 1 aliphatic heterocycles. The smallest absolute Gasteiger partial charge is 0.303 e. The lowest BCUT2D eigenvalue weighted by Gasteiger charge is -2.21. The maximum atomic E-state index is 14.0. The number of benzene rings is 1. The molecule has 2 heterocycles. The maximum Gasteiger partial charge on any atom is 0.303 e. The minimum atomic E-state index is -0.887. The van der Waals surface area contributed by atoms with Crippen LogP contribution in [0.25, 0.3) is 0 Å². The van der Waals surface area contributed by atoms with Gasteiger partial charge in [-0.15, -0.1) is 0 Å². The number of aliphatic carboxylic acids is 1. The summed E-state index contributed by atoms with van der Waals surface area (Å²) in [5.41, 5.74) is 1.85. The highest BCUT2D eigenvalue weighted by atomic mass is 19.1. The van der Waals surface area contributed by atoms with Gasteiger partial charge in [-0.25, -0.2) is 9.37 Å². The number of oxazole rings is 1. The highest BCUT2D eigenvalue weighted by Gasteiger charge is 2.34. The van der Waals surface area contributed by atoms with Crippen molar-refractivity contribution in [3.05, 3.63) is 53.0 Å². The molecule has 1 aliphatic carbocycles. The van der Waals surface area contributed by atoms with Crippen molar-refractivity contribution in [3.8, 4) is 0 Å². The number of unbranched alkanes of at least 4 members (excludes halogenated alkanes) is 1. The third kappa shape index (κ3) is 7.38. The van der Waals surface area contributed by atoms with Crippen LogP contribution in [0, 0.1) is 17.7 Å². The van der Waals surface area contributed by atoms with E-state index in [0.29, 0.717) is 38.5 Å². The fraction of sp³-hybridized carbons (Fsp3) is 0.607. The molecule has 2 atom stereocenters. The number of halogens is 1. The molecule has 1 aromatic heterocycles. The number of amides is 1. The SMILES string of the molecule is O=C(O)CCc1ccc(F)cc1C[C@H]1COC[C@H]1c1nc(C(=O)NCCCCC2CCCCC2)co1. The number of nitrogens with zero attached hydrogens (tertiary/aromatic N) is 1. The van der Waals surface area contributed by atoms with E-state index in [1.165, 1.54) is 56.9 Å². The highest BCUT2D eigenvalue weighted by Crippen LogP contribution is 2.34. The van der Waals surface area contributed by atoms with E-state index in [4.69, 9.17) is 14.3 Å². The Bertz CT molecular complexity index is 1020. The molecule has 2 aliphatic rings. The summed E-state index contributed by atoms with van der Waals surface area (Å²) in [6.07, 6.45) is 12.4. The van der Waals surface area contributed by atoms with Gasteiger partial charge in [0.15, 0.2) is 5.69 Å². The van der Waals surface area contributed by atoms with Gasteiger partial charge in [-0.3, -0.25) is 9.59 Å². The van der Waals surface area contributed by atoms with Crippen LogP contribution in [0.3, 0.4) is 0 Å².